The van der Waals surface area contributed by atoms with Crippen molar-refractivity contribution < 1.29 is 0 Å². The number of rotatable bonds is 1. The molecule has 0 spiro atoms. The van der Waals surface area contributed by atoms with Crippen molar-refractivity contribution in [3.63, 3.8) is 0 Å². The molecule has 1 N–H and O–H groups in total. The largest absolute Gasteiger partial charge is 0.305 e. The molecule has 0 aromatic carbocycles. The van der Waals surface area contributed by atoms with E-state index < -0.39 is 0 Å². The van der Waals surface area contributed by atoms with Gasteiger partial charge in [0.2, 0.25) is 5.56 Å². The van der Waals surface area contributed by atoms with Crippen molar-refractivity contribution in [1.82, 2.24) is 14.8 Å². The van der Waals surface area contributed by atoms with Crippen LogP contribution in [0.3, 0.4) is 0 Å². The summed E-state index contributed by atoms with van der Waals surface area (Å²) in [6.45, 7) is 4.07. The minimum atomic E-state index is -0.0638. The maximum Gasteiger partial charge on any atom is 0.249 e. The molecule has 17 heavy (non-hydrogen) atoms. The standard InChI is InChI=1S/C13H17N3O/c1-8-7-11(17)14-13-12(8)9(2)16(15-13)10-5-3-4-6-10/h7,10H,3-6H2,1-2H3,(H,14,15,17). The van der Waals surface area contributed by atoms with Crippen molar-refractivity contribution in [2.45, 2.75) is 45.6 Å². The van der Waals surface area contributed by atoms with Gasteiger partial charge in [-0.1, -0.05) is 12.8 Å². The number of aryl methyl sites for hydroxylation is 2. The van der Waals surface area contributed by atoms with Crippen LogP contribution in [0, 0.1) is 13.8 Å². The number of fused-ring (bicyclic) bond motifs is 1. The lowest BCUT2D eigenvalue weighted by molar-refractivity contribution is 0.460. The molecule has 4 heteroatoms. The number of aromatic amines is 1. The molecule has 1 saturated carbocycles. The molecule has 90 valence electrons. The third kappa shape index (κ3) is 1.59. The fraction of sp³-hybridized carbons (Fsp3) is 0.538. The van der Waals surface area contributed by atoms with E-state index in [1.54, 1.807) is 6.07 Å². The van der Waals surface area contributed by atoms with Crippen molar-refractivity contribution in [3.8, 4) is 0 Å². The smallest absolute Gasteiger partial charge is 0.249 e. The van der Waals surface area contributed by atoms with E-state index in [2.05, 4.69) is 21.7 Å². The molecule has 0 aliphatic heterocycles. The molecule has 4 nitrogen and oxygen atoms in total. The van der Waals surface area contributed by atoms with Gasteiger partial charge in [-0.3, -0.25) is 9.48 Å². The monoisotopic (exact) mass is 231 g/mol. The van der Waals surface area contributed by atoms with Crippen LogP contribution in [0.25, 0.3) is 11.0 Å². The van der Waals surface area contributed by atoms with Crippen LogP contribution in [0.2, 0.25) is 0 Å². The molecular formula is C13H17N3O. The quantitative estimate of drug-likeness (QED) is 0.819. The lowest BCUT2D eigenvalue weighted by Gasteiger charge is -2.11. The highest BCUT2D eigenvalue weighted by Gasteiger charge is 2.21. The van der Waals surface area contributed by atoms with E-state index in [4.69, 9.17) is 0 Å². The molecule has 0 unspecified atom stereocenters. The Hall–Kier alpha value is -1.58. The molecule has 1 aliphatic carbocycles. The highest BCUT2D eigenvalue weighted by Crippen LogP contribution is 2.32. The Labute approximate surface area is 99.7 Å². The molecule has 3 rings (SSSR count). The zero-order valence-electron chi connectivity index (χ0n) is 10.3. The second kappa shape index (κ2) is 3.72. The zero-order chi connectivity index (χ0) is 12.0. The van der Waals surface area contributed by atoms with E-state index in [1.807, 2.05) is 6.92 Å². The van der Waals surface area contributed by atoms with Crippen molar-refractivity contribution in [3.05, 3.63) is 27.7 Å². The van der Waals surface area contributed by atoms with E-state index in [0.717, 1.165) is 16.6 Å². The lowest BCUT2D eigenvalue weighted by Crippen LogP contribution is -2.08. The molecule has 1 fully saturated rings. The van der Waals surface area contributed by atoms with Crippen molar-refractivity contribution >= 4 is 11.0 Å². The first-order valence-corrected chi connectivity index (χ1v) is 6.25. The highest BCUT2D eigenvalue weighted by atomic mass is 16.1. The van der Waals surface area contributed by atoms with Gasteiger partial charge in [-0.2, -0.15) is 5.10 Å². The maximum atomic E-state index is 11.4. The van der Waals surface area contributed by atoms with Gasteiger partial charge in [0, 0.05) is 17.1 Å². The highest BCUT2D eigenvalue weighted by molar-refractivity contribution is 5.81. The zero-order valence-corrected chi connectivity index (χ0v) is 10.3. The first kappa shape index (κ1) is 10.6. The Morgan fingerprint density at radius 2 is 2.06 bits per heavy atom. The molecule has 1 aliphatic rings. The number of pyridine rings is 1. The minimum absolute atomic E-state index is 0.0638. The fourth-order valence-electron chi connectivity index (χ4n) is 3.00. The predicted molar refractivity (Wildman–Crippen MR) is 67.3 cm³/mol. The maximum absolute atomic E-state index is 11.4. The van der Waals surface area contributed by atoms with E-state index in [0.29, 0.717) is 6.04 Å². The Morgan fingerprint density at radius 1 is 1.35 bits per heavy atom. The Bertz CT molecular complexity index is 617. The number of H-pyrrole nitrogens is 1. The van der Waals surface area contributed by atoms with Crippen LogP contribution in [0.1, 0.15) is 43.0 Å². The molecule has 2 aromatic heterocycles. The van der Waals surface area contributed by atoms with Crippen LogP contribution in [0.15, 0.2) is 10.9 Å². The van der Waals surface area contributed by atoms with Crippen molar-refractivity contribution in [2.24, 2.45) is 0 Å². The first-order valence-electron chi connectivity index (χ1n) is 6.25. The average molecular weight is 231 g/mol. The Morgan fingerprint density at radius 3 is 2.76 bits per heavy atom. The van der Waals surface area contributed by atoms with E-state index in [9.17, 15) is 4.79 Å². The van der Waals surface area contributed by atoms with E-state index in [1.165, 1.54) is 31.4 Å². The second-order valence-corrected chi connectivity index (χ2v) is 5.01. The summed E-state index contributed by atoms with van der Waals surface area (Å²) in [5, 5.41) is 5.68. The summed E-state index contributed by atoms with van der Waals surface area (Å²) in [6.07, 6.45) is 4.99. The number of aromatic nitrogens is 3. The topological polar surface area (TPSA) is 50.7 Å². The van der Waals surface area contributed by atoms with E-state index >= 15 is 0 Å². The van der Waals surface area contributed by atoms with Crippen LogP contribution in [-0.4, -0.2) is 14.8 Å². The fourth-order valence-corrected chi connectivity index (χ4v) is 3.00. The SMILES string of the molecule is Cc1cc(=O)[nH]c2nn(C3CCCC3)c(C)c12. The van der Waals surface area contributed by atoms with Gasteiger partial charge >= 0.3 is 0 Å². The molecule has 0 amide bonds. The van der Waals surface area contributed by atoms with Crippen LogP contribution in [-0.2, 0) is 0 Å². The molecule has 2 heterocycles. The minimum Gasteiger partial charge on any atom is -0.305 e. The molecule has 2 aromatic rings. The number of hydrogen-bond acceptors (Lipinski definition) is 2. The predicted octanol–water partition coefficient (Wildman–Crippen LogP) is 2.46. The summed E-state index contributed by atoms with van der Waals surface area (Å²) in [6, 6.07) is 2.17. The van der Waals surface area contributed by atoms with Crippen LogP contribution in [0.4, 0.5) is 0 Å². The van der Waals surface area contributed by atoms with Gasteiger partial charge in [-0.15, -0.1) is 0 Å². The summed E-state index contributed by atoms with van der Waals surface area (Å²) < 4.78 is 2.11. The summed E-state index contributed by atoms with van der Waals surface area (Å²) in [5.41, 5.74) is 2.87. The van der Waals surface area contributed by atoms with Gasteiger partial charge in [-0.05, 0) is 32.3 Å². The van der Waals surface area contributed by atoms with Gasteiger partial charge in [-0.25, -0.2) is 0 Å². The molecule has 0 saturated heterocycles. The van der Waals surface area contributed by atoms with Crippen molar-refractivity contribution in [2.75, 3.05) is 0 Å². The third-order valence-corrected chi connectivity index (χ3v) is 3.80. The summed E-state index contributed by atoms with van der Waals surface area (Å²) in [4.78, 5) is 14.3. The van der Waals surface area contributed by atoms with Gasteiger partial charge in [0.15, 0.2) is 5.65 Å². The number of nitrogens with zero attached hydrogens (tertiary/aromatic N) is 2. The molecule has 0 radical (unpaired) electrons. The molecule has 0 atom stereocenters. The summed E-state index contributed by atoms with van der Waals surface area (Å²) in [7, 11) is 0. The second-order valence-electron chi connectivity index (χ2n) is 5.01. The van der Waals surface area contributed by atoms with Crippen LogP contribution in [0.5, 0.6) is 0 Å². The van der Waals surface area contributed by atoms with Gasteiger partial charge in [0.05, 0.1) is 6.04 Å². The van der Waals surface area contributed by atoms with Crippen molar-refractivity contribution in [1.29, 1.82) is 0 Å². The Kier molecular flexibility index (Phi) is 2.31. The van der Waals surface area contributed by atoms with Crippen LogP contribution < -0.4 is 5.56 Å². The summed E-state index contributed by atoms with van der Waals surface area (Å²) in [5.74, 6) is 0. The molecule has 0 bridgehead atoms. The van der Waals surface area contributed by atoms with E-state index in [-0.39, 0.29) is 5.56 Å². The van der Waals surface area contributed by atoms with Gasteiger partial charge in [0.1, 0.15) is 0 Å². The normalized spacial score (nSPS) is 17.1. The number of hydrogen-bond donors (Lipinski definition) is 1. The number of nitrogens with one attached hydrogen (secondary N) is 1. The molecular weight excluding hydrogens is 214 g/mol. The average Bonchev–Trinajstić information content (AvgIpc) is 2.85. The van der Waals surface area contributed by atoms with Gasteiger partial charge in [0.25, 0.3) is 0 Å². The summed E-state index contributed by atoms with van der Waals surface area (Å²) >= 11 is 0. The van der Waals surface area contributed by atoms with Crippen LogP contribution >= 0.6 is 0 Å². The first-order chi connectivity index (χ1) is 8.16. The third-order valence-electron chi connectivity index (χ3n) is 3.80. The Balaban J connectivity index is 2.24. The van der Waals surface area contributed by atoms with Gasteiger partial charge < -0.3 is 4.98 Å². The lowest BCUT2D eigenvalue weighted by atomic mass is 10.1.